The zero-order valence-corrected chi connectivity index (χ0v) is 18.9. The van der Waals surface area contributed by atoms with Gasteiger partial charge in [-0.05, 0) is 51.0 Å². The van der Waals surface area contributed by atoms with E-state index in [1.54, 1.807) is 0 Å². The molecule has 2 amide bonds. The third kappa shape index (κ3) is 4.03. The highest BCUT2D eigenvalue weighted by atomic mass is 16.2. The molecule has 2 aromatic rings. The van der Waals surface area contributed by atoms with Gasteiger partial charge in [0.1, 0.15) is 5.82 Å². The number of nitrogens with zero attached hydrogens (tertiary/aromatic N) is 4. The summed E-state index contributed by atoms with van der Waals surface area (Å²) in [5, 5.41) is 0. The zero-order valence-electron chi connectivity index (χ0n) is 18.9. The van der Waals surface area contributed by atoms with Gasteiger partial charge in [-0.25, -0.2) is 9.97 Å². The summed E-state index contributed by atoms with van der Waals surface area (Å²) in [5.74, 6) is 2.05. The molecule has 0 spiro atoms. The summed E-state index contributed by atoms with van der Waals surface area (Å²) in [4.78, 5) is 39.8. The third-order valence-electron chi connectivity index (χ3n) is 7.36. The molecule has 1 aromatic carbocycles. The number of fused-ring (bicyclic) bond motifs is 1. The summed E-state index contributed by atoms with van der Waals surface area (Å²) in [6.45, 7) is 3.42. The van der Waals surface area contributed by atoms with Gasteiger partial charge < -0.3 is 4.90 Å². The van der Waals surface area contributed by atoms with Crippen molar-refractivity contribution in [2.75, 3.05) is 18.0 Å². The number of carbonyl (C=O) groups excluding carboxylic acids is 2. The predicted octanol–water partition coefficient (Wildman–Crippen LogP) is 4.16. The van der Waals surface area contributed by atoms with Gasteiger partial charge in [-0.1, -0.05) is 43.2 Å². The van der Waals surface area contributed by atoms with Crippen LogP contribution in [0.4, 0.5) is 5.82 Å². The van der Waals surface area contributed by atoms with Crippen molar-refractivity contribution in [1.82, 2.24) is 14.9 Å². The first kappa shape index (κ1) is 21.1. The zero-order chi connectivity index (χ0) is 22.1. The standard InChI is InChI=1S/C26H32N4O2/c1-18-21-13-14-23(31)30(17-15-19-8-3-2-4-9-19)25(21)28-24(27-18)22-12-7-16-29(22)26(32)20-10-5-6-11-20/h2-4,8-9,20,22H,5-7,10-17H2,1H3/t22-/m1/s1. The lowest BCUT2D eigenvalue weighted by Gasteiger charge is -2.31. The van der Waals surface area contributed by atoms with Gasteiger partial charge >= 0.3 is 0 Å². The predicted molar refractivity (Wildman–Crippen MR) is 123 cm³/mol. The largest absolute Gasteiger partial charge is 0.332 e. The molecular formula is C26H32N4O2. The van der Waals surface area contributed by atoms with Crippen LogP contribution in [0.5, 0.6) is 0 Å². The van der Waals surface area contributed by atoms with Crippen LogP contribution in [0, 0.1) is 12.8 Å². The van der Waals surface area contributed by atoms with Crippen molar-refractivity contribution >= 4 is 17.6 Å². The summed E-state index contributed by atoms with van der Waals surface area (Å²) in [6, 6.07) is 10.2. The number of benzene rings is 1. The lowest BCUT2D eigenvalue weighted by Crippen LogP contribution is -2.39. The topological polar surface area (TPSA) is 66.4 Å². The van der Waals surface area contributed by atoms with Gasteiger partial charge in [-0.15, -0.1) is 0 Å². The molecule has 0 unspecified atom stereocenters. The Balaban J connectivity index is 1.42. The van der Waals surface area contributed by atoms with Crippen LogP contribution in [0.3, 0.4) is 0 Å². The summed E-state index contributed by atoms with van der Waals surface area (Å²) < 4.78 is 0. The van der Waals surface area contributed by atoms with E-state index in [4.69, 9.17) is 9.97 Å². The fourth-order valence-corrected chi connectivity index (χ4v) is 5.57. The van der Waals surface area contributed by atoms with Gasteiger partial charge in [0.15, 0.2) is 5.82 Å². The number of rotatable bonds is 5. The first-order chi connectivity index (χ1) is 15.6. The second-order valence-electron chi connectivity index (χ2n) is 9.42. The van der Waals surface area contributed by atoms with Gasteiger partial charge in [0.25, 0.3) is 0 Å². The van der Waals surface area contributed by atoms with Crippen LogP contribution in [-0.4, -0.2) is 39.8 Å². The van der Waals surface area contributed by atoms with Crippen LogP contribution >= 0.6 is 0 Å². The SMILES string of the molecule is Cc1nc([C@H]2CCCN2C(=O)C2CCCC2)nc2c1CCC(=O)N2CCc1ccccc1. The van der Waals surface area contributed by atoms with Crippen LogP contribution in [0.2, 0.25) is 0 Å². The van der Waals surface area contributed by atoms with Crippen molar-refractivity contribution in [1.29, 1.82) is 0 Å². The lowest BCUT2D eigenvalue weighted by molar-refractivity contribution is -0.136. The molecular weight excluding hydrogens is 400 g/mol. The highest BCUT2D eigenvalue weighted by molar-refractivity contribution is 5.95. The van der Waals surface area contributed by atoms with E-state index in [-0.39, 0.29) is 23.8 Å². The first-order valence-electron chi connectivity index (χ1n) is 12.1. The van der Waals surface area contributed by atoms with Crippen molar-refractivity contribution in [3.05, 3.63) is 53.0 Å². The van der Waals surface area contributed by atoms with Crippen LogP contribution in [-0.2, 0) is 22.4 Å². The van der Waals surface area contributed by atoms with E-state index in [1.807, 2.05) is 34.9 Å². The molecule has 3 heterocycles. The van der Waals surface area contributed by atoms with E-state index in [1.165, 1.54) is 5.56 Å². The van der Waals surface area contributed by atoms with Crippen molar-refractivity contribution in [2.45, 2.75) is 70.8 Å². The van der Waals surface area contributed by atoms with Crippen LogP contribution in [0.15, 0.2) is 30.3 Å². The van der Waals surface area contributed by atoms with Gasteiger partial charge in [0.2, 0.25) is 11.8 Å². The molecule has 0 N–H and O–H groups in total. The van der Waals surface area contributed by atoms with Crippen molar-refractivity contribution < 1.29 is 9.59 Å². The fraction of sp³-hybridized carbons (Fsp3) is 0.538. The smallest absolute Gasteiger partial charge is 0.228 e. The Morgan fingerprint density at radius 1 is 1.03 bits per heavy atom. The Morgan fingerprint density at radius 3 is 2.59 bits per heavy atom. The van der Waals surface area contributed by atoms with Gasteiger partial charge in [0.05, 0.1) is 6.04 Å². The molecule has 2 fully saturated rings. The van der Waals surface area contributed by atoms with E-state index < -0.39 is 0 Å². The average Bonchev–Trinajstić information content (AvgIpc) is 3.51. The fourth-order valence-electron chi connectivity index (χ4n) is 5.57. The molecule has 32 heavy (non-hydrogen) atoms. The van der Waals surface area contributed by atoms with E-state index in [2.05, 4.69) is 12.1 Å². The maximum Gasteiger partial charge on any atom is 0.228 e. The molecule has 6 nitrogen and oxygen atoms in total. The number of hydrogen-bond donors (Lipinski definition) is 0. The monoisotopic (exact) mass is 432 g/mol. The minimum atomic E-state index is -0.0694. The molecule has 1 aromatic heterocycles. The first-order valence-corrected chi connectivity index (χ1v) is 12.1. The molecule has 1 aliphatic carbocycles. The number of aryl methyl sites for hydroxylation is 1. The summed E-state index contributed by atoms with van der Waals surface area (Å²) in [7, 11) is 0. The Labute approximate surface area is 190 Å². The van der Waals surface area contributed by atoms with Gasteiger partial charge in [-0.3, -0.25) is 14.5 Å². The maximum atomic E-state index is 13.2. The average molecular weight is 433 g/mol. The van der Waals surface area contributed by atoms with Gasteiger partial charge in [-0.2, -0.15) is 0 Å². The number of carbonyl (C=O) groups is 2. The molecule has 5 rings (SSSR count). The van der Waals surface area contributed by atoms with E-state index in [9.17, 15) is 9.59 Å². The summed E-state index contributed by atoms with van der Waals surface area (Å²) >= 11 is 0. The molecule has 1 saturated carbocycles. The molecule has 1 atom stereocenters. The van der Waals surface area contributed by atoms with E-state index >= 15 is 0 Å². The number of aromatic nitrogens is 2. The minimum absolute atomic E-state index is 0.0694. The molecule has 0 bridgehead atoms. The van der Waals surface area contributed by atoms with Crippen LogP contribution in [0.1, 0.15) is 73.6 Å². The molecule has 6 heteroatoms. The highest BCUT2D eigenvalue weighted by Crippen LogP contribution is 2.37. The lowest BCUT2D eigenvalue weighted by atomic mass is 10.0. The molecule has 168 valence electrons. The summed E-state index contributed by atoms with van der Waals surface area (Å²) in [5.41, 5.74) is 3.23. The minimum Gasteiger partial charge on any atom is -0.332 e. The van der Waals surface area contributed by atoms with Crippen molar-refractivity contribution in [2.24, 2.45) is 5.92 Å². The second-order valence-corrected chi connectivity index (χ2v) is 9.42. The number of anilines is 1. The van der Waals surface area contributed by atoms with Crippen LogP contribution in [0.25, 0.3) is 0 Å². The maximum absolute atomic E-state index is 13.2. The normalized spacial score (nSPS) is 21.3. The second kappa shape index (κ2) is 9.00. The third-order valence-corrected chi connectivity index (χ3v) is 7.36. The molecule has 3 aliphatic rings. The quantitative estimate of drug-likeness (QED) is 0.712. The Hall–Kier alpha value is -2.76. The van der Waals surface area contributed by atoms with Crippen molar-refractivity contribution in [3.63, 3.8) is 0 Å². The van der Waals surface area contributed by atoms with E-state index in [0.29, 0.717) is 25.2 Å². The Morgan fingerprint density at radius 2 is 1.81 bits per heavy atom. The van der Waals surface area contributed by atoms with E-state index in [0.717, 1.165) is 68.6 Å². The van der Waals surface area contributed by atoms with Crippen LogP contribution < -0.4 is 4.90 Å². The highest BCUT2D eigenvalue weighted by Gasteiger charge is 2.38. The molecule has 1 saturated heterocycles. The molecule has 2 aliphatic heterocycles. The Bertz CT molecular complexity index is 1000. The number of hydrogen-bond acceptors (Lipinski definition) is 4. The number of amides is 2. The number of likely N-dealkylation sites (tertiary alicyclic amines) is 1. The van der Waals surface area contributed by atoms with Crippen molar-refractivity contribution in [3.8, 4) is 0 Å². The summed E-state index contributed by atoms with van der Waals surface area (Å²) in [6.07, 6.45) is 8.19. The molecule has 0 radical (unpaired) electrons. The van der Waals surface area contributed by atoms with Gasteiger partial charge in [0, 0.05) is 36.7 Å². The Kier molecular flexibility index (Phi) is 5.94.